The number of carboxylic acids is 1. The van der Waals surface area contributed by atoms with Crippen LogP contribution >= 0.6 is 69.6 Å². The van der Waals surface area contributed by atoms with Gasteiger partial charge in [-0.25, -0.2) is 9.78 Å². The third kappa shape index (κ3) is 4.14. The fourth-order valence-corrected chi connectivity index (χ4v) is 4.52. The molecular weight excluding hydrogens is 475 g/mol. The van der Waals surface area contributed by atoms with Crippen LogP contribution in [0, 0.1) is 0 Å². The maximum atomic E-state index is 11.7. The second kappa shape index (κ2) is 8.04. The largest absolute Gasteiger partial charge is 0.478 e. The van der Waals surface area contributed by atoms with Crippen molar-refractivity contribution in [2.24, 2.45) is 0 Å². The van der Waals surface area contributed by atoms with E-state index in [1.165, 1.54) is 36.4 Å². The molecule has 1 aromatic heterocycles. The van der Waals surface area contributed by atoms with Crippen molar-refractivity contribution >= 4 is 75.6 Å². The van der Waals surface area contributed by atoms with E-state index in [1.807, 2.05) is 0 Å². The van der Waals surface area contributed by atoms with E-state index < -0.39 is 5.97 Å². The van der Waals surface area contributed by atoms with E-state index in [0.717, 1.165) is 0 Å². The van der Waals surface area contributed by atoms with Gasteiger partial charge in [0.05, 0.1) is 37.0 Å². The Hall–Kier alpha value is -1.20. The molecule has 138 valence electrons. The van der Waals surface area contributed by atoms with Crippen LogP contribution in [0.3, 0.4) is 0 Å². The van der Waals surface area contributed by atoms with Crippen LogP contribution in [-0.4, -0.2) is 16.1 Å². The summed E-state index contributed by atoms with van der Waals surface area (Å²) in [5, 5.41) is 11.1. The number of hydrogen-bond acceptors (Lipinski definition) is 2. The molecule has 0 aliphatic rings. The summed E-state index contributed by atoms with van der Waals surface area (Å²) in [6, 6.07) is 8.80. The molecule has 0 aliphatic heterocycles. The van der Waals surface area contributed by atoms with Crippen molar-refractivity contribution in [2.45, 2.75) is 0 Å². The van der Waals surface area contributed by atoms with E-state index >= 15 is 0 Å². The molecule has 0 radical (unpaired) electrons. The lowest BCUT2D eigenvalue weighted by molar-refractivity contribution is 0.0697. The summed E-state index contributed by atoms with van der Waals surface area (Å²) in [5.74, 6) is -1.19. The average Bonchev–Trinajstić information content (AvgIpc) is 2.52. The molecule has 9 heteroatoms. The summed E-state index contributed by atoms with van der Waals surface area (Å²) >= 11 is 36.9. The van der Waals surface area contributed by atoms with Crippen LogP contribution in [0.2, 0.25) is 30.1 Å². The highest BCUT2D eigenvalue weighted by Crippen LogP contribution is 2.41. The molecule has 0 atom stereocenters. The van der Waals surface area contributed by atoms with Crippen molar-refractivity contribution in [3.8, 4) is 22.5 Å². The molecule has 0 unspecified atom stereocenters. The van der Waals surface area contributed by atoms with Gasteiger partial charge in [0.2, 0.25) is 0 Å². The number of pyridine rings is 1. The maximum absolute atomic E-state index is 11.7. The summed E-state index contributed by atoms with van der Waals surface area (Å²) in [6.45, 7) is 0. The predicted molar refractivity (Wildman–Crippen MR) is 112 cm³/mol. The Kier molecular flexibility index (Phi) is 6.11. The minimum atomic E-state index is -1.19. The number of hydrogen-bond donors (Lipinski definition) is 1. The molecule has 0 amide bonds. The van der Waals surface area contributed by atoms with Crippen molar-refractivity contribution in [1.29, 1.82) is 0 Å². The van der Waals surface area contributed by atoms with Crippen molar-refractivity contribution in [2.75, 3.05) is 0 Å². The summed E-state index contributed by atoms with van der Waals surface area (Å²) in [5.41, 5.74) is 0.953. The maximum Gasteiger partial charge on any atom is 0.337 e. The van der Waals surface area contributed by atoms with Gasteiger partial charge in [-0.15, -0.1) is 0 Å². The van der Waals surface area contributed by atoms with Gasteiger partial charge in [-0.2, -0.15) is 0 Å². The van der Waals surface area contributed by atoms with Crippen molar-refractivity contribution < 1.29 is 9.90 Å². The summed E-state index contributed by atoms with van der Waals surface area (Å²) < 4.78 is 0. The molecular formula is C18H7Cl6NO2. The molecule has 0 aliphatic carbocycles. The van der Waals surface area contributed by atoms with E-state index in [1.54, 1.807) is 0 Å². The minimum absolute atomic E-state index is 0.0637. The SMILES string of the molecule is O=C(O)c1ccc(-c2c(Cl)cc(Cl)cc2Cl)nc1-c1c(Cl)cc(Cl)cc1Cl. The molecule has 0 spiro atoms. The van der Waals surface area contributed by atoms with E-state index in [0.29, 0.717) is 21.3 Å². The first kappa shape index (κ1) is 20.5. The van der Waals surface area contributed by atoms with Crippen molar-refractivity contribution in [3.63, 3.8) is 0 Å². The number of aromatic carboxylic acids is 1. The van der Waals surface area contributed by atoms with Gasteiger partial charge in [0.15, 0.2) is 0 Å². The standard InChI is InChI=1S/C18H7Cl6NO2/c19-7-3-10(21)15(11(22)4-7)14-2-1-9(18(26)27)17(25-14)16-12(23)5-8(20)6-13(16)24/h1-6H,(H,26,27). The third-order valence-electron chi connectivity index (χ3n) is 3.63. The number of carboxylic acid groups (broad SMARTS) is 1. The third-order valence-corrected chi connectivity index (χ3v) is 5.26. The van der Waals surface area contributed by atoms with Crippen LogP contribution in [0.1, 0.15) is 10.4 Å². The zero-order chi connectivity index (χ0) is 19.9. The van der Waals surface area contributed by atoms with Gasteiger partial charge >= 0.3 is 5.97 Å². The van der Waals surface area contributed by atoms with Crippen LogP contribution in [0.4, 0.5) is 0 Å². The summed E-state index contributed by atoms with van der Waals surface area (Å²) in [4.78, 5) is 16.1. The lowest BCUT2D eigenvalue weighted by Crippen LogP contribution is -2.03. The Morgan fingerprint density at radius 1 is 0.741 bits per heavy atom. The highest BCUT2D eigenvalue weighted by molar-refractivity contribution is 6.43. The van der Waals surface area contributed by atoms with E-state index in [-0.39, 0.29) is 36.9 Å². The molecule has 1 N–H and O–H groups in total. The first-order chi connectivity index (χ1) is 12.7. The second-order valence-corrected chi connectivity index (χ2v) is 7.89. The van der Waals surface area contributed by atoms with Crippen LogP contribution < -0.4 is 0 Å². The highest BCUT2D eigenvalue weighted by Gasteiger charge is 2.22. The van der Waals surface area contributed by atoms with Gasteiger partial charge in [0, 0.05) is 21.2 Å². The van der Waals surface area contributed by atoms with Crippen molar-refractivity contribution in [3.05, 3.63) is 72.1 Å². The second-order valence-electron chi connectivity index (χ2n) is 5.39. The smallest absolute Gasteiger partial charge is 0.337 e. The molecule has 1 heterocycles. The number of rotatable bonds is 3. The van der Waals surface area contributed by atoms with Crippen LogP contribution in [0.15, 0.2) is 36.4 Å². The fourth-order valence-electron chi connectivity index (χ4n) is 2.52. The Labute approximate surface area is 184 Å². The number of benzene rings is 2. The van der Waals surface area contributed by atoms with E-state index in [4.69, 9.17) is 69.6 Å². The van der Waals surface area contributed by atoms with Crippen molar-refractivity contribution in [1.82, 2.24) is 4.98 Å². The zero-order valence-corrected chi connectivity index (χ0v) is 17.6. The molecule has 3 aromatic rings. The topological polar surface area (TPSA) is 50.2 Å². The molecule has 0 saturated heterocycles. The lowest BCUT2D eigenvalue weighted by atomic mass is 10.0. The molecule has 0 saturated carbocycles. The summed E-state index contributed by atoms with van der Waals surface area (Å²) in [7, 11) is 0. The molecule has 2 aromatic carbocycles. The van der Waals surface area contributed by atoms with E-state index in [9.17, 15) is 9.90 Å². The Balaban J connectivity index is 2.33. The zero-order valence-electron chi connectivity index (χ0n) is 13.0. The molecule has 0 fully saturated rings. The first-order valence-electron chi connectivity index (χ1n) is 7.23. The number of nitrogens with zero attached hydrogens (tertiary/aromatic N) is 1. The fraction of sp³-hybridized carbons (Fsp3) is 0. The van der Waals surface area contributed by atoms with Gasteiger partial charge in [0.1, 0.15) is 0 Å². The van der Waals surface area contributed by atoms with Gasteiger partial charge in [-0.3, -0.25) is 0 Å². The number of aromatic nitrogens is 1. The Morgan fingerprint density at radius 3 is 1.63 bits per heavy atom. The average molecular weight is 482 g/mol. The van der Waals surface area contributed by atoms with E-state index in [2.05, 4.69) is 4.98 Å². The van der Waals surface area contributed by atoms with Gasteiger partial charge in [0.25, 0.3) is 0 Å². The Bertz CT molecular complexity index is 1040. The minimum Gasteiger partial charge on any atom is -0.478 e. The summed E-state index contributed by atoms with van der Waals surface area (Å²) in [6.07, 6.45) is 0. The first-order valence-corrected chi connectivity index (χ1v) is 9.50. The molecule has 3 nitrogen and oxygen atoms in total. The van der Waals surface area contributed by atoms with Gasteiger partial charge in [-0.05, 0) is 36.4 Å². The van der Waals surface area contributed by atoms with Gasteiger partial charge in [-0.1, -0.05) is 69.6 Å². The number of carbonyl (C=O) groups is 1. The molecule has 0 bridgehead atoms. The highest BCUT2D eigenvalue weighted by atomic mass is 35.5. The monoisotopic (exact) mass is 479 g/mol. The normalized spacial score (nSPS) is 10.9. The Morgan fingerprint density at radius 2 is 1.19 bits per heavy atom. The predicted octanol–water partition coefficient (Wildman–Crippen LogP) is 8.03. The van der Waals surface area contributed by atoms with Crippen LogP contribution in [0.5, 0.6) is 0 Å². The molecule has 3 rings (SSSR count). The van der Waals surface area contributed by atoms with Crippen LogP contribution in [0.25, 0.3) is 22.5 Å². The quantitative estimate of drug-likeness (QED) is 0.412. The molecule has 27 heavy (non-hydrogen) atoms. The van der Waals surface area contributed by atoms with Gasteiger partial charge < -0.3 is 5.11 Å². The lowest BCUT2D eigenvalue weighted by Gasteiger charge is -2.13. The van der Waals surface area contributed by atoms with Crippen LogP contribution in [-0.2, 0) is 0 Å². The number of halogens is 6.